The van der Waals surface area contributed by atoms with Gasteiger partial charge in [0.2, 0.25) is 11.8 Å². The van der Waals surface area contributed by atoms with Crippen LogP contribution in [0.2, 0.25) is 0 Å². The fraction of sp³-hybridized carbons (Fsp3) is 0.600. The van der Waals surface area contributed by atoms with Crippen molar-refractivity contribution in [3.63, 3.8) is 0 Å². The summed E-state index contributed by atoms with van der Waals surface area (Å²) >= 11 is 1.57. The summed E-state index contributed by atoms with van der Waals surface area (Å²) < 4.78 is 5.33. The first kappa shape index (κ1) is 21.4. The van der Waals surface area contributed by atoms with E-state index in [1.54, 1.807) is 11.3 Å². The smallest absolute Gasteiger partial charge is 0.268 e. The monoisotopic (exact) mass is 419 g/mol. The third-order valence-electron chi connectivity index (χ3n) is 4.82. The molecule has 8 nitrogen and oxygen atoms in total. The number of carbonyl (C=O) groups is 2. The van der Waals surface area contributed by atoms with E-state index in [0.29, 0.717) is 50.7 Å². The van der Waals surface area contributed by atoms with Gasteiger partial charge in [-0.05, 0) is 17.9 Å². The number of nitrogens with one attached hydrogen (secondary N) is 1. The molecule has 2 aromatic heterocycles. The van der Waals surface area contributed by atoms with Crippen LogP contribution in [0.15, 0.2) is 22.0 Å². The average Bonchev–Trinajstić information content (AvgIpc) is 3.36. The predicted molar refractivity (Wildman–Crippen MR) is 111 cm³/mol. The number of amides is 2. The summed E-state index contributed by atoms with van der Waals surface area (Å²) in [6.07, 6.45) is 1.12. The molecular formula is C20H29N5O3S. The summed E-state index contributed by atoms with van der Waals surface area (Å²) in [4.78, 5) is 33.8. The molecule has 2 amide bonds. The van der Waals surface area contributed by atoms with Crippen LogP contribution < -0.4 is 5.32 Å². The molecule has 0 aromatic carbocycles. The van der Waals surface area contributed by atoms with Crippen LogP contribution in [0.1, 0.15) is 39.4 Å². The number of rotatable bonds is 7. The highest BCUT2D eigenvalue weighted by atomic mass is 32.1. The van der Waals surface area contributed by atoms with Gasteiger partial charge in [0.15, 0.2) is 5.82 Å². The highest BCUT2D eigenvalue weighted by Gasteiger charge is 2.23. The van der Waals surface area contributed by atoms with Gasteiger partial charge >= 0.3 is 0 Å². The van der Waals surface area contributed by atoms with Gasteiger partial charge in [-0.1, -0.05) is 32.0 Å². The second-order valence-electron chi connectivity index (χ2n) is 8.26. The minimum atomic E-state index is -0.399. The van der Waals surface area contributed by atoms with Crippen LogP contribution in [0.5, 0.6) is 0 Å². The molecular weight excluding hydrogens is 390 g/mol. The topological polar surface area (TPSA) is 91.6 Å². The third kappa shape index (κ3) is 6.11. The molecule has 1 aliphatic rings. The van der Waals surface area contributed by atoms with E-state index in [-0.39, 0.29) is 11.8 Å². The summed E-state index contributed by atoms with van der Waals surface area (Å²) in [5, 5.41) is 8.93. The van der Waals surface area contributed by atoms with Gasteiger partial charge in [0.05, 0.1) is 11.4 Å². The second kappa shape index (κ2) is 9.49. The maximum Gasteiger partial charge on any atom is 0.268 e. The maximum atomic E-state index is 12.4. The van der Waals surface area contributed by atoms with Crippen molar-refractivity contribution in [2.24, 2.45) is 5.41 Å². The van der Waals surface area contributed by atoms with Gasteiger partial charge in [0, 0.05) is 44.6 Å². The Bertz CT molecular complexity index is 804. The lowest BCUT2D eigenvalue weighted by molar-refractivity contribution is -0.133. The van der Waals surface area contributed by atoms with Crippen molar-refractivity contribution in [1.29, 1.82) is 0 Å². The van der Waals surface area contributed by atoms with E-state index in [0.717, 1.165) is 18.0 Å². The van der Waals surface area contributed by atoms with Crippen molar-refractivity contribution in [1.82, 2.24) is 25.3 Å². The number of nitrogens with zero attached hydrogens (tertiary/aromatic N) is 4. The molecule has 0 aliphatic carbocycles. The van der Waals surface area contributed by atoms with Crippen molar-refractivity contribution in [3.05, 3.63) is 23.3 Å². The largest absolute Gasteiger partial charge is 0.356 e. The molecule has 9 heteroatoms. The molecule has 0 radical (unpaired) electrons. The number of thiophene rings is 1. The molecule has 3 rings (SSSR count). The van der Waals surface area contributed by atoms with Crippen LogP contribution in [0.3, 0.4) is 0 Å². The molecule has 0 saturated carbocycles. The van der Waals surface area contributed by atoms with Crippen LogP contribution in [0.25, 0.3) is 10.8 Å². The number of aromatic nitrogens is 2. The third-order valence-corrected chi connectivity index (χ3v) is 5.68. The zero-order chi connectivity index (χ0) is 20.9. The van der Waals surface area contributed by atoms with Crippen molar-refractivity contribution in [3.8, 4) is 10.8 Å². The van der Waals surface area contributed by atoms with Crippen molar-refractivity contribution < 1.29 is 14.1 Å². The van der Waals surface area contributed by atoms with Gasteiger partial charge in [-0.2, -0.15) is 4.98 Å². The molecule has 1 N–H and O–H groups in total. The molecule has 1 aliphatic heterocycles. The fourth-order valence-corrected chi connectivity index (χ4v) is 3.68. The predicted octanol–water partition coefficient (Wildman–Crippen LogP) is 2.38. The molecule has 2 aromatic rings. The van der Waals surface area contributed by atoms with Crippen LogP contribution >= 0.6 is 11.3 Å². The number of carbonyl (C=O) groups excluding carboxylic acids is 2. The van der Waals surface area contributed by atoms with E-state index in [1.165, 1.54) is 0 Å². The Hall–Kier alpha value is -2.26. The summed E-state index contributed by atoms with van der Waals surface area (Å²) in [5.41, 5.74) is -0.399. The zero-order valence-corrected chi connectivity index (χ0v) is 18.1. The SMILES string of the molecule is CC(C)(C)C(=O)NCCCC(=O)N1CCN(Cc2noc(-c3cccs3)n2)CC1. The van der Waals surface area contributed by atoms with E-state index >= 15 is 0 Å². The molecule has 29 heavy (non-hydrogen) atoms. The summed E-state index contributed by atoms with van der Waals surface area (Å²) in [6.45, 7) is 9.76. The Labute approximate surface area is 175 Å². The Balaban J connectivity index is 1.36. The van der Waals surface area contributed by atoms with Crippen LogP contribution in [-0.4, -0.2) is 64.5 Å². The highest BCUT2D eigenvalue weighted by molar-refractivity contribution is 7.13. The zero-order valence-electron chi connectivity index (χ0n) is 17.3. The van der Waals surface area contributed by atoms with Gasteiger partial charge < -0.3 is 14.7 Å². The minimum absolute atomic E-state index is 0.0160. The lowest BCUT2D eigenvalue weighted by atomic mass is 9.96. The molecule has 0 unspecified atom stereocenters. The number of piperazine rings is 1. The lowest BCUT2D eigenvalue weighted by Gasteiger charge is -2.34. The lowest BCUT2D eigenvalue weighted by Crippen LogP contribution is -2.48. The molecule has 0 bridgehead atoms. The fourth-order valence-electron chi connectivity index (χ4n) is 3.04. The van der Waals surface area contributed by atoms with Gasteiger partial charge in [-0.25, -0.2) is 0 Å². The quantitative estimate of drug-likeness (QED) is 0.693. The maximum absolute atomic E-state index is 12.4. The summed E-state index contributed by atoms with van der Waals surface area (Å²) in [5.74, 6) is 1.39. The highest BCUT2D eigenvalue weighted by Crippen LogP contribution is 2.22. The average molecular weight is 420 g/mol. The van der Waals surface area contributed by atoms with Gasteiger partial charge in [0.1, 0.15) is 0 Å². The Morgan fingerprint density at radius 2 is 2.00 bits per heavy atom. The molecule has 0 atom stereocenters. The Morgan fingerprint density at radius 1 is 1.24 bits per heavy atom. The Kier molecular flexibility index (Phi) is 7.02. The first-order valence-electron chi connectivity index (χ1n) is 9.98. The molecule has 1 fully saturated rings. The first-order chi connectivity index (χ1) is 13.8. The van der Waals surface area contributed by atoms with Crippen LogP contribution in [-0.2, 0) is 16.1 Å². The van der Waals surface area contributed by atoms with Crippen LogP contribution in [0.4, 0.5) is 0 Å². The molecule has 158 valence electrons. The Morgan fingerprint density at radius 3 is 2.66 bits per heavy atom. The summed E-state index contributed by atoms with van der Waals surface area (Å²) in [7, 11) is 0. The van der Waals surface area contributed by atoms with Gasteiger partial charge in [0.25, 0.3) is 5.89 Å². The minimum Gasteiger partial charge on any atom is -0.356 e. The van der Waals surface area contributed by atoms with Crippen molar-refractivity contribution >= 4 is 23.2 Å². The van der Waals surface area contributed by atoms with E-state index in [4.69, 9.17) is 4.52 Å². The number of hydrogen-bond acceptors (Lipinski definition) is 7. The van der Waals surface area contributed by atoms with E-state index in [2.05, 4.69) is 20.4 Å². The molecule has 1 saturated heterocycles. The van der Waals surface area contributed by atoms with E-state index in [1.807, 2.05) is 43.2 Å². The van der Waals surface area contributed by atoms with E-state index < -0.39 is 5.41 Å². The standard InChI is InChI=1S/C20H29N5O3S/c1-20(2,3)19(27)21-8-4-7-17(26)25-11-9-24(10-12-25)14-16-22-18(28-23-16)15-6-5-13-29-15/h5-6,13H,4,7-12,14H2,1-3H3,(H,21,27). The molecule has 3 heterocycles. The van der Waals surface area contributed by atoms with Crippen molar-refractivity contribution in [2.75, 3.05) is 32.7 Å². The van der Waals surface area contributed by atoms with E-state index in [9.17, 15) is 9.59 Å². The normalized spacial score (nSPS) is 15.5. The van der Waals surface area contributed by atoms with Gasteiger partial charge in [-0.15, -0.1) is 11.3 Å². The van der Waals surface area contributed by atoms with Crippen LogP contribution in [0, 0.1) is 5.41 Å². The second-order valence-corrected chi connectivity index (χ2v) is 9.21. The first-order valence-corrected chi connectivity index (χ1v) is 10.9. The number of hydrogen-bond donors (Lipinski definition) is 1. The molecule has 0 spiro atoms. The summed E-state index contributed by atoms with van der Waals surface area (Å²) in [6, 6.07) is 3.92. The van der Waals surface area contributed by atoms with Gasteiger partial charge in [-0.3, -0.25) is 14.5 Å². The van der Waals surface area contributed by atoms with Crippen molar-refractivity contribution in [2.45, 2.75) is 40.2 Å².